The molecule has 1 aliphatic heterocycles. The topological polar surface area (TPSA) is 41.6 Å². The first kappa shape index (κ1) is 18.0. The summed E-state index contributed by atoms with van der Waals surface area (Å²) in [6.07, 6.45) is 3.31. The van der Waals surface area contributed by atoms with E-state index in [9.17, 15) is 4.79 Å². The monoisotopic (exact) mass is 398 g/mol. The fourth-order valence-corrected chi connectivity index (χ4v) is 4.52. The molecule has 2 aromatic carbocycles. The minimum atomic E-state index is -0.177. The van der Waals surface area contributed by atoms with E-state index in [1.807, 2.05) is 48.5 Å². The van der Waals surface area contributed by atoms with E-state index in [1.54, 1.807) is 17.4 Å². The van der Waals surface area contributed by atoms with Crippen LogP contribution in [0, 0.1) is 0 Å². The van der Waals surface area contributed by atoms with Gasteiger partial charge in [0.15, 0.2) is 0 Å². The number of anilines is 2. The van der Waals surface area contributed by atoms with Gasteiger partial charge in [0.05, 0.1) is 29.6 Å². The van der Waals surface area contributed by atoms with Crippen molar-refractivity contribution in [2.75, 3.05) is 36.5 Å². The van der Waals surface area contributed by atoms with Crippen LogP contribution in [0.3, 0.4) is 0 Å². The Morgan fingerprint density at radius 1 is 1.11 bits per heavy atom. The van der Waals surface area contributed by atoms with Gasteiger partial charge in [0, 0.05) is 34.1 Å². The summed E-state index contributed by atoms with van der Waals surface area (Å²) in [4.78, 5) is 15.6. The van der Waals surface area contributed by atoms with E-state index in [0.717, 1.165) is 39.4 Å². The highest BCUT2D eigenvalue weighted by Gasteiger charge is 2.15. The molecule has 0 spiro atoms. The third kappa shape index (κ3) is 4.00. The van der Waals surface area contributed by atoms with Crippen molar-refractivity contribution >= 4 is 56.4 Å². The van der Waals surface area contributed by atoms with E-state index < -0.39 is 0 Å². The fourth-order valence-electron chi connectivity index (χ4n) is 3.13. The van der Waals surface area contributed by atoms with Crippen LogP contribution in [0.25, 0.3) is 16.2 Å². The molecule has 1 aromatic heterocycles. The number of nitrogens with zero attached hydrogens (tertiary/aromatic N) is 1. The highest BCUT2D eigenvalue weighted by molar-refractivity contribution is 7.20. The molecule has 4 nitrogen and oxygen atoms in total. The van der Waals surface area contributed by atoms with Crippen LogP contribution < -0.4 is 10.2 Å². The van der Waals surface area contributed by atoms with E-state index in [4.69, 9.17) is 16.3 Å². The molecule has 1 fully saturated rings. The van der Waals surface area contributed by atoms with Crippen molar-refractivity contribution in [3.63, 3.8) is 0 Å². The third-order valence-electron chi connectivity index (χ3n) is 4.46. The maximum absolute atomic E-state index is 12.5. The largest absolute Gasteiger partial charge is 0.378 e. The summed E-state index contributed by atoms with van der Waals surface area (Å²) in [5.41, 5.74) is 1.82. The summed E-state index contributed by atoms with van der Waals surface area (Å²) in [6, 6.07) is 15.8. The lowest BCUT2D eigenvalue weighted by molar-refractivity contribution is -0.111. The van der Waals surface area contributed by atoms with Gasteiger partial charge in [-0.25, -0.2) is 0 Å². The second kappa shape index (κ2) is 8.13. The zero-order valence-corrected chi connectivity index (χ0v) is 16.2. The van der Waals surface area contributed by atoms with E-state index in [1.165, 1.54) is 6.08 Å². The molecule has 1 N–H and O–H groups in total. The van der Waals surface area contributed by atoms with Crippen LogP contribution in [-0.2, 0) is 9.53 Å². The molecule has 3 aromatic rings. The first-order valence-electron chi connectivity index (χ1n) is 8.80. The number of hydrogen-bond acceptors (Lipinski definition) is 4. The fraction of sp³-hybridized carbons (Fsp3) is 0.190. The molecule has 0 saturated carbocycles. The van der Waals surface area contributed by atoms with Crippen molar-refractivity contribution in [2.45, 2.75) is 0 Å². The average molecular weight is 399 g/mol. The Kier molecular flexibility index (Phi) is 5.43. The standard InChI is InChI=1S/C21H19ClN2O2S/c22-21-15-5-1-4-8-18(15)27-19(21)9-10-20(25)23-16-6-2-3-7-17(16)24-11-13-26-14-12-24/h1-10H,11-14H2,(H,23,25)/b10-9+. The molecule has 0 bridgehead atoms. The zero-order valence-electron chi connectivity index (χ0n) is 14.7. The second-order valence-electron chi connectivity index (χ2n) is 6.22. The smallest absolute Gasteiger partial charge is 0.248 e. The van der Waals surface area contributed by atoms with Gasteiger partial charge in [-0.1, -0.05) is 41.9 Å². The van der Waals surface area contributed by atoms with E-state index in [-0.39, 0.29) is 5.91 Å². The number of carbonyl (C=O) groups is 1. The Bertz CT molecular complexity index is 993. The molecule has 0 unspecified atom stereocenters. The number of fused-ring (bicyclic) bond motifs is 1. The van der Waals surface area contributed by atoms with Crippen LogP contribution in [0.1, 0.15) is 4.88 Å². The number of halogens is 1. The van der Waals surface area contributed by atoms with Crippen molar-refractivity contribution in [1.29, 1.82) is 0 Å². The summed E-state index contributed by atoms with van der Waals surface area (Å²) >= 11 is 8.01. The van der Waals surface area contributed by atoms with Gasteiger partial charge in [0.25, 0.3) is 0 Å². The van der Waals surface area contributed by atoms with Gasteiger partial charge >= 0.3 is 0 Å². The normalized spacial score (nSPS) is 14.8. The predicted octanol–water partition coefficient (Wildman–Crippen LogP) is 5.04. The molecule has 0 radical (unpaired) electrons. The summed E-state index contributed by atoms with van der Waals surface area (Å²) in [6.45, 7) is 3.04. The lowest BCUT2D eigenvalue weighted by atomic mass is 10.2. The molecule has 1 saturated heterocycles. The Morgan fingerprint density at radius 2 is 1.85 bits per heavy atom. The van der Waals surface area contributed by atoms with Crippen molar-refractivity contribution in [2.24, 2.45) is 0 Å². The van der Waals surface area contributed by atoms with Gasteiger partial charge < -0.3 is 15.0 Å². The Balaban J connectivity index is 1.51. The van der Waals surface area contributed by atoms with Gasteiger partial charge in [0.2, 0.25) is 5.91 Å². The molecular formula is C21H19ClN2O2S. The molecule has 0 atom stereocenters. The highest BCUT2D eigenvalue weighted by Crippen LogP contribution is 2.36. The summed E-state index contributed by atoms with van der Waals surface area (Å²) in [5, 5.41) is 4.69. The molecular weight excluding hydrogens is 380 g/mol. The minimum Gasteiger partial charge on any atom is -0.378 e. The number of thiophene rings is 1. The van der Waals surface area contributed by atoms with Gasteiger partial charge in [-0.3, -0.25) is 4.79 Å². The number of nitrogens with one attached hydrogen (secondary N) is 1. The van der Waals surface area contributed by atoms with Gasteiger partial charge in [-0.15, -0.1) is 11.3 Å². The SMILES string of the molecule is O=C(/C=C/c1sc2ccccc2c1Cl)Nc1ccccc1N1CCOCC1. The third-order valence-corrected chi connectivity index (χ3v) is 6.11. The number of amides is 1. The maximum atomic E-state index is 12.5. The number of carbonyl (C=O) groups excluding carboxylic acids is 1. The maximum Gasteiger partial charge on any atom is 0.248 e. The van der Waals surface area contributed by atoms with E-state index >= 15 is 0 Å². The number of morpholine rings is 1. The number of para-hydroxylation sites is 2. The van der Waals surface area contributed by atoms with Crippen molar-refractivity contribution in [3.8, 4) is 0 Å². The molecule has 0 aliphatic carbocycles. The minimum absolute atomic E-state index is 0.177. The van der Waals surface area contributed by atoms with Crippen LogP contribution >= 0.6 is 22.9 Å². The lowest BCUT2D eigenvalue weighted by Gasteiger charge is -2.30. The molecule has 6 heteroatoms. The molecule has 27 heavy (non-hydrogen) atoms. The molecule has 138 valence electrons. The highest BCUT2D eigenvalue weighted by atomic mass is 35.5. The van der Waals surface area contributed by atoms with Crippen molar-refractivity contribution in [3.05, 3.63) is 64.5 Å². The van der Waals surface area contributed by atoms with Gasteiger partial charge in [-0.05, 0) is 24.3 Å². The second-order valence-corrected chi connectivity index (χ2v) is 7.68. The zero-order chi connectivity index (χ0) is 18.6. The molecule has 1 amide bonds. The lowest BCUT2D eigenvalue weighted by Crippen LogP contribution is -2.36. The van der Waals surface area contributed by atoms with E-state index in [0.29, 0.717) is 18.2 Å². The number of benzene rings is 2. The molecule has 2 heterocycles. The Hall–Kier alpha value is -2.34. The van der Waals surface area contributed by atoms with Crippen molar-refractivity contribution < 1.29 is 9.53 Å². The summed E-state index contributed by atoms with van der Waals surface area (Å²) < 4.78 is 6.53. The number of ether oxygens (including phenoxy) is 1. The van der Waals surface area contributed by atoms with E-state index in [2.05, 4.69) is 10.2 Å². The quantitative estimate of drug-likeness (QED) is 0.626. The average Bonchev–Trinajstić information content (AvgIpc) is 3.03. The summed E-state index contributed by atoms with van der Waals surface area (Å²) in [5.74, 6) is -0.177. The van der Waals surface area contributed by atoms with Gasteiger partial charge in [0.1, 0.15) is 0 Å². The first-order valence-corrected chi connectivity index (χ1v) is 9.99. The van der Waals surface area contributed by atoms with Crippen LogP contribution in [0.2, 0.25) is 5.02 Å². The number of hydrogen-bond donors (Lipinski definition) is 1. The van der Waals surface area contributed by atoms with Gasteiger partial charge in [-0.2, -0.15) is 0 Å². The first-order chi connectivity index (χ1) is 13.2. The Labute approximate surface area is 167 Å². The van der Waals surface area contributed by atoms with Crippen LogP contribution in [0.15, 0.2) is 54.6 Å². The molecule has 1 aliphatic rings. The van der Waals surface area contributed by atoms with Crippen molar-refractivity contribution in [1.82, 2.24) is 0 Å². The van der Waals surface area contributed by atoms with Crippen LogP contribution in [-0.4, -0.2) is 32.2 Å². The predicted molar refractivity (Wildman–Crippen MR) is 114 cm³/mol. The Morgan fingerprint density at radius 3 is 2.67 bits per heavy atom. The molecule has 4 rings (SSSR count). The number of rotatable bonds is 4. The van der Waals surface area contributed by atoms with Crippen LogP contribution in [0.5, 0.6) is 0 Å². The van der Waals surface area contributed by atoms with Crippen LogP contribution in [0.4, 0.5) is 11.4 Å². The summed E-state index contributed by atoms with van der Waals surface area (Å²) in [7, 11) is 0.